The SMILES string of the molecule is Cc1ccc(NS(=O)(=O)c2ccc(Cl)s2)c(C)c1N. The number of thiophene rings is 1. The van der Waals surface area contributed by atoms with Crippen molar-refractivity contribution in [2.24, 2.45) is 0 Å². The maximum atomic E-state index is 12.2. The van der Waals surface area contributed by atoms with Gasteiger partial charge >= 0.3 is 0 Å². The summed E-state index contributed by atoms with van der Waals surface area (Å²) in [6.45, 7) is 3.65. The van der Waals surface area contributed by atoms with E-state index in [2.05, 4.69) is 4.72 Å². The molecule has 0 unspecified atom stereocenters. The van der Waals surface area contributed by atoms with Gasteiger partial charge in [-0.1, -0.05) is 17.7 Å². The van der Waals surface area contributed by atoms with E-state index in [-0.39, 0.29) is 4.21 Å². The summed E-state index contributed by atoms with van der Waals surface area (Å²) in [7, 11) is -3.62. The minimum Gasteiger partial charge on any atom is -0.398 e. The molecule has 2 rings (SSSR count). The van der Waals surface area contributed by atoms with Crippen molar-refractivity contribution in [1.29, 1.82) is 0 Å². The van der Waals surface area contributed by atoms with Crippen molar-refractivity contribution in [3.05, 3.63) is 39.7 Å². The molecule has 1 heterocycles. The van der Waals surface area contributed by atoms with Crippen LogP contribution in [-0.4, -0.2) is 8.42 Å². The zero-order chi connectivity index (χ0) is 14.2. The van der Waals surface area contributed by atoms with Crippen LogP contribution in [0.15, 0.2) is 28.5 Å². The lowest BCUT2D eigenvalue weighted by molar-refractivity contribution is 0.603. The van der Waals surface area contributed by atoms with Gasteiger partial charge in [0.25, 0.3) is 10.0 Å². The molecule has 19 heavy (non-hydrogen) atoms. The van der Waals surface area contributed by atoms with Crippen molar-refractivity contribution >= 4 is 44.3 Å². The summed E-state index contributed by atoms with van der Waals surface area (Å²) < 4.78 is 27.5. The Hall–Kier alpha value is -1.24. The first-order valence-corrected chi connectivity index (χ1v) is 8.13. The number of nitrogens with two attached hydrogens (primary N) is 1. The highest BCUT2D eigenvalue weighted by atomic mass is 35.5. The second kappa shape index (κ2) is 5.03. The van der Waals surface area contributed by atoms with Gasteiger partial charge in [-0.15, -0.1) is 11.3 Å². The number of nitrogen functional groups attached to an aromatic ring is 1. The number of nitrogens with one attached hydrogen (secondary N) is 1. The van der Waals surface area contributed by atoms with E-state index in [1.54, 1.807) is 25.1 Å². The average Bonchev–Trinajstić information content (AvgIpc) is 2.78. The highest BCUT2D eigenvalue weighted by Crippen LogP contribution is 2.30. The molecule has 4 nitrogen and oxygen atoms in total. The van der Waals surface area contributed by atoms with Crippen LogP contribution in [0.5, 0.6) is 0 Å². The molecule has 1 aromatic carbocycles. The van der Waals surface area contributed by atoms with Crippen LogP contribution < -0.4 is 10.5 Å². The second-order valence-corrected chi connectivity index (χ2v) is 7.76. The molecule has 7 heteroatoms. The molecule has 0 fully saturated rings. The molecule has 0 atom stereocenters. The molecule has 102 valence electrons. The summed E-state index contributed by atoms with van der Waals surface area (Å²) in [5, 5.41) is 0. The van der Waals surface area contributed by atoms with Crippen LogP contribution in [0, 0.1) is 13.8 Å². The summed E-state index contributed by atoms with van der Waals surface area (Å²) in [6.07, 6.45) is 0. The first-order valence-electron chi connectivity index (χ1n) is 5.45. The fourth-order valence-corrected chi connectivity index (χ4v) is 4.22. The van der Waals surface area contributed by atoms with Crippen molar-refractivity contribution in [2.45, 2.75) is 18.1 Å². The summed E-state index contributed by atoms with van der Waals surface area (Å²) in [5.41, 5.74) is 8.59. The number of anilines is 2. The molecular weight excluding hydrogens is 304 g/mol. The first kappa shape index (κ1) is 14.2. The highest BCUT2D eigenvalue weighted by Gasteiger charge is 2.18. The van der Waals surface area contributed by atoms with Crippen molar-refractivity contribution in [2.75, 3.05) is 10.5 Å². The largest absolute Gasteiger partial charge is 0.398 e. The lowest BCUT2D eigenvalue weighted by Gasteiger charge is -2.12. The van der Waals surface area contributed by atoms with E-state index in [0.717, 1.165) is 16.9 Å². The Balaban J connectivity index is 2.39. The Bertz CT molecular complexity index is 723. The van der Waals surface area contributed by atoms with Crippen molar-refractivity contribution < 1.29 is 8.42 Å². The van der Waals surface area contributed by atoms with E-state index in [4.69, 9.17) is 17.3 Å². The summed E-state index contributed by atoms with van der Waals surface area (Å²) in [4.78, 5) is 0. The third-order valence-corrected chi connectivity index (χ3v) is 5.88. The Labute approximate surface area is 121 Å². The van der Waals surface area contributed by atoms with E-state index in [9.17, 15) is 8.42 Å². The first-order chi connectivity index (χ1) is 8.81. The third-order valence-electron chi connectivity index (χ3n) is 2.79. The van der Waals surface area contributed by atoms with Crippen LogP contribution in [0.25, 0.3) is 0 Å². The molecule has 1 aromatic heterocycles. The standard InChI is InChI=1S/C12H13ClN2O2S2/c1-7-3-4-9(8(2)12(7)14)15-19(16,17)11-6-5-10(13)18-11/h3-6,15H,14H2,1-2H3. The minimum absolute atomic E-state index is 0.177. The molecule has 3 N–H and O–H groups in total. The van der Waals surface area contributed by atoms with Gasteiger partial charge in [-0.05, 0) is 43.2 Å². The van der Waals surface area contributed by atoms with Crippen LogP contribution in [0.1, 0.15) is 11.1 Å². The van der Waals surface area contributed by atoms with Crippen molar-refractivity contribution in [1.82, 2.24) is 0 Å². The zero-order valence-corrected chi connectivity index (χ0v) is 12.8. The van der Waals surface area contributed by atoms with E-state index in [0.29, 0.717) is 21.3 Å². The average molecular weight is 317 g/mol. The van der Waals surface area contributed by atoms with Crippen molar-refractivity contribution in [3.63, 3.8) is 0 Å². The van der Waals surface area contributed by atoms with E-state index in [1.165, 1.54) is 6.07 Å². The Morgan fingerprint density at radius 3 is 2.47 bits per heavy atom. The van der Waals surface area contributed by atoms with E-state index < -0.39 is 10.0 Å². The number of hydrogen-bond acceptors (Lipinski definition) is 4. The molecular formula is C12H13ClN2O2S2. The number of hydrogen-bond donors (Lipinski definition) is 2. The lowest BCUT2D eigenvalue weighted by atomic mass is 10.1. The third kappa shape index (κ3) is 2.86. The lowest BCUT2D eigenvalue weighted by Crippen LogP contribution is -2.13. The Morgan fingerprint density at radius 2 is 1.89 bits per heavy atom. The van der Waals surface area contributed by atoms with Gasteiger partial charge in [0.1, 0.15) is 4.21 Å². The molecule has 0 saturated heterocycles. The number of rotatable bonds is 3. The Kier molecular flexibility index (Phi) is 3.75. The van der Waals surface area contributed by atoms with Crippen LogP contribution in [-0.2, 0) is 10.0 Å². The summed E-state index contributed by atoms with van der Waals surface area (Å²) in [6, 6.07) is 6.51. The number of halogens is 1. The fraction of sp³-hybridized carbons (Fsp3) is 0.167. The maximum Gasteiger partial charge on any atom is 0.271 e. The smallest absolute Gasteiger partial charge is 0.271 e. The van der Waals surface area contributed by atoms with Crippen LogP contribution in [0.3, 0.4) is 0 Å². The molecule has 2 aromatic rings. The van der Waals surface area contributed by atoms with Gasteiger partial charge in [0.05, 0.1) is 10.0 Å². The molecule has 0 radical (unpaired) electrons. The minimum atomic E-state index is -3.62. The molecule has 0 aliphatic heterocycles. The maximum absolute atomic E-state index is 12.2. The van der Waals surface area contributed by atoms with E-state index >= 15 is 0 Å². The Morgan fingerprint density at radius 1 is 1.21 bits per heavy atom. The predicted molar refractivity (Wildman–Crippen MR) is 80.5 cm³/mol. The number of sulfonamides is 1. The van der Waals surface area contributed by atoms with E-state index in [1.807, 2.05) is 6.92 Å². The molecule has 0 amide bonds. The molecule has 0 aliphatic carbocycles. The van der Waals surface area contributed by atoms with Crippen molar-refractivity contribution in [3.8, 4) is 0 Å². The van der Waals surface area contributed by atoms with Gasteiger partial charge < -0.3 is 5.73 Å². The molecule has 0 saturated carbocycles. The predicted octanol–water partition coefficient (Wildman–Crippen LogP) is 3.40. The molecule has 0 spiro atoms. The normalized spacial score (nSPS) is 11.5. The van der Waals surface area contributed by atoms with Gasteiger partial charge in [0.2, 0.25) is 0 Å². The number of benzene rings is 1. The quantitative estimate of drug-likeness (QED) is 0.852. The van der Waals surface area contributed by atoms with Gasteiger partial charge in [-0.2, -0.15) is 0 Å². The summed E-state index contributed by atoms with van der Waals surface area (Å²) >= 11 is 6.76. The second-order valence-electron chi connectivity index (χ2n) is 4.13. The van der Waals surface area contributed by atoms with Crippen LogP contribution >= 0.6 is 22.9 Å². The van der Waals surface area contributed by atoms with Gasteiger partial charge in [-0.3, -0.25) is 4.72 Å². The monoisotopic (exact) mass is 316 g/mol. The highest BCUT2D eigenvalue weighted by molar-refractivity contribution is 7.94. The molecule has 0 aliphatic rings. The number of aryl methyl sites for hydroxylation is 1. The van der Waals surface area contributed by atoms with Gasteiger partial charge in [0, 0.05) is 5.69 Å². The molecule has 0 bridgehead atoms. The topological polar surface area (TPSA) is 72.2 Å². The fourth-order valence-electron chi connectivity index (χ4n) is 1.61. The van der Waals surface area contributed by atoms with Crippen LogP contribution in [0.4, 0.5) is 11.4 Å². The summed E-state index contributed by atoms with van der Waals surface area (Å²) in [5.74, 6) is 0. The zero-order valence-electron chi connectivity index (χ0n) is 10.4. The van der Waals surface area contributed by atoms with Gasteiger partial charge in [0.15, 0.2) is 0 Å². The van der Waals surface area contributed by atoms with Crippen LogP contribution in [0.2, 0.25) is 4.34 Å². The van der Waals surface area contributed by atoms with Gasteiger partial charge in [-0.25, -0.2) is 8.42 Å².